The molecule has 0 saturated heterocycles. The van der Waals surface area contributed by atoms with Crippen LogP contribution in [-0.4, -0.2) is 15.6 Å². The van der Waals surface area contributed by atoms with Gasteiger partial charge in [0.2, 0.25) is 0 Å². The fourth-order valence-electron chi connectivity index (χ4n) is 3.69. The second-order valence-electron chi connectivity index (χ2n) is 7.19. The van der Waals surface area contributed by atoms with Gasteiger partial charge in [0.15, 0.2) is 0 Å². The third-order valence-corrected chi connectivity index (χ3v) is 5.04. The van der Waals surface area contributed by atoms with Gasteiger partial charge in [-0.3, -0.25) is 4.79 Å². The highest BCUT2D eigenvalue weighted by Crippen LogP contribution is 2.36. The van der Waals surface area contributed by atoms with Gasteiger partial charge in [-0.15, -0.1) is 0 Å². The molecule has 0 atom stereocenters. The lowest BCUT2D eigenvalue weighted by molar-refractivity contribution is -0.138. The number of nitrogens with zero attached hydrogens (tertiary/aromatic N) is 1. The van der Waals surface area contributed by atoms with Crippen molar-refractivity contribution in [3.63, 3.8) is 0 Å². The van der Waals surface area contributed by atoms with Crippen LogP contribution >= 0.6 is 0 Å². The highest BCUT2D eigenvalue weighted by atomic mass is 19.4. The number of carboxylic acids is 1. The number of fused-ring (bicyclic) bond motifs is 1. The first-order valence-electron chi connectivity index (χ1n) is 9.63. The van der Waals surface area contributed by atoms with E-state index >= 15 is 0 Å². The topological polar surface area (TPSA) is 54.3 Å². The first kappa shape index (κ1) is 20.5. The number of aromatic nitrogens is 1. The monoisotopic (exact) mass is 424 g/mol. The quantitative estimate of drug-likeness (QED) is 0.394. The summed E-state index contributed by atoms with van der Waals surface area (Å²) in [5.74, 6) is -0.554. The standard InChI is InChI=1S/C24H19F3N2O2/c25-24(26,27)17-9-6-10-18(13-17)28-23-20(14-22(30)31)19-11-4-5-12-21(19)29(23)15-16-7-2-1-3-8-16/h1-13,28H,14-15H2,(H,30,31). The number of aliphatic carboxylic acids is 1. The van der Waals surface area contributed by atoms with Gasteiger partial charge in [0, 0.05) is 23.2 Å². The largest absolute Gasteiger partial charge is 0.481 e. The van der Waals surface area contributed by atoms with E-state index in [9.17, 15) is 23.1 Å². The maximum Gasteiger partial charge on any atom is 0.416 e. The molecule has 0 amide bonds. The van der Waals surface area contributed by atoms with Crippen LogP contribution in [0.4, 0.5) is 24.7 Å². The summed E-state index contributed by atoms with van der Waals surface area (Å²) in [6.07, 6.45) is -4.73. The Kier molecular flexibility index (Phi) is 5.42. The van der Waals surface area contributed by atoms with Crippen LogP contribution in [0.3, 0.4) is 0 Å². The molecular formula is C24H19F3N2O2. The zero-order chi connectivity index (χ0) is 22.0. The van der Waals surface area contributed by atoms with Crippen LogP contribution in [-0.2, 0) is 23.9 Å². The summed E-state index contributed by atoms with van der Waals surface area (Å²) in [6.45, 7) is 0.433. The zero-order valence-electron chi connectivity index (χ0n) is 16.4. The van der Waals surface area contributed by atoms with Crippen molar-refractivity contribution in [1.82, 2.24) is 4.57 Å². The Morgan fingerprint density at radius 3 is 2.35 bits per heavy atom. The summed E-state index contributed by atoms with van der Waals surface area (Å²) >= 11 is 0. The number of carbonyl (C=O) groups is 1. The molecule has 0 aliphatic carbocycles. The van der Waals surface area contributed by atoms with E-state index in [1.165, 1.54) is 12.1 Å². The minimum Gasteiger partial charge on any atom is -0.481 e. The molecule has 158 valence electrons. The van der Waals surface area contributed by atoms with Gasteiger partial charge in [0.1, 0.15) is 5.82 Å². The van der Waals surface area contributed by atoms with Crippen molar-refractivity contribution in [2.24, 2.45) is 0 Å². The molecule has 0 aliphatic rings. The molecule has 0 spiro atoms. The lowest BCUT2D eigenvalue weighted by atomic mass is 10.1. The van der Waals surface area contributed by atoms with E-state index in [-0.39, 0.29) is 12.1 Å². The molecule has 4 rings (SSSR count). The fraction of sp³-hybridized carbons (Fsp3) is 0.125. The molecule has 7 heteroatoms. The Hall–Kier alpha value is -3.74. The smallest absolute Gasteiger partial charge is 0.416 e. The molecule has 1 aromatic heterocycles. The Balaban J connectivity index is 1.87. The van der Waals surface area contributed by atoms with Crippen molar-refractivity contribution >= 4 is 28.4 Å². The van der Waals surface area contributed by atoms with Crippen LogP contribution in [0.25, 0.3) is 10.9 Å². The van der Waals surface area contributed by atoms with Crippen LogP contribution in [0.1, 0.15) is 16.7 Å². The average molecular weight is 424 g/mol. The van der Waals surface area contributed by atoms with Crippen LogP contribution in [0.5, 0.6) is 0 Å². The second-order valence-corrected chi connectivity index (χ2v) is 7.19. The van der Waals surface area contributed by atoms with Gasteiger partial charge in [-0.25, -0.2) is 0 Å². The van der Waals surface area contributed by atoms with Gasteiger partial charge in [-0.1, -0.05) is 54.6 Å². The molecule has 4 aromatic rings. The number of hydrogen-bond donors (Lipinski definition) is 2. The van der Waals surface area contributed by atoms with Crippen molar-refractivity contribution in [3.8, 4) is 0 Å². The van der Waals surface area contributed by atoms with Crippen LogP contribution in [0, 0.1) is 0 Å². The summed E-state index contributed by atoms with van der Waals surface area (Å²) in [5, 5.41) is 13.3. The number of nitrogens with one attached hydrogen (secondary N) is 1. The van der Waals surface area contributed by atoms with Crippen molar-refractivity contribution in [2.45, 2.75) is 19.1 Å². The van der Waals surface area contributed by atoms with Gasteiger partial charge in [0.25, 0.3) is 0 Å². The van der Waals surface area contributed by atoms with E-state index in [1.54, 1.807) is 0 Å². The lowest BCUT2D eigenvalue weighted by Gasteiger charge is -2.16. The molecule has 0 aliphatic heterocycles. The Labute approximate surface area is 176 Å². The molecule has 0 fully saturated rings. The van der Waals surface area contributed by atoms with Gasteiger partial charge in [0.05, 0.1) is 17.5 Å². The third-order valence-electron chi connectivity index (χ3n) is 5.04. The SMILES string of the molecule is O=C(O)Cc1c(Nc2cccc(C(F)(F)F)c2)n(Cc2ccccc2)c2ccccc12. The number of alkyl halides is 3. The summed E-state index contributed by atoms with van der Waals surface area (Å²) in [7, 11) is 0. The number of benzene rings is 3. The minimum absolute atomic E-state index is 0.235. The molecule has 31 heavy (non-hydrogen) atoms. The third kappa shape index (κ3) is 4.40. The first-order valence-corrected chi connectivity index (χ1v) is 9.63. The summed E-state index contributed by atoms with van der Waals surface area (Å²) in [5.41, 5.74) is 1.77. The van der Waals surface area contributed by atoms with Gasteiger partial charge in [-0.2, -0.15) is 13.2 Å². The second kappa shape index (κ2) is 8.18. The summed E-state index contributed by atoms with van der Waals surface area (Å²) < 4.78 is 41.5. The summed E-state index contributed by atoms with van der Waals surface area (Å²) in [4.78, 5) is 11.6. The number of anilines is 2. The molecule has 0 unspecified atom stereocenters. The van der Waals surface area contributed by atoms with E-state index < -0.39 is 17.7 Å². The van der Waals surface area contributed by atoms with E-state index in [0.717, 1.165) is 28.6 Å². The Morgan fingerprint density at radius 1 is 0.935 bits per heavy atom. The molecule has 3 aromatic carbocycles. The van der Waals surface area contributed by atoms with Crippen molar-refractivity contribution < 1.29 is 23.1 Å². The van der Waals surface area contributed by atoms with Crippen molar-refractivity contribution in [2.75, 3.05) is 5.32 Å². The van der Waals surface area contributed by atoms with Crippen molar-refractivity contribution in [1.29, 1.82) is 0 Å². The van der Waals surface area contributed by atoms with Gasteiger partial charge < -0.3 is 15.0 Å². The number of carboxylic acid groups (broad SMARTS) is 1. The maximum atomic E-state index is 13.2. The number of halogens is 3. The molecule has 1 heterocycles. The Bertz CT molecular complexity index is 1230. The predicted molar refractivity (Wildman–Crippen MR) is 114 cm³/mol. The Morgan fingerprint density at radius 2 is 1.65 bits per heavy atom. The fourth-order valence-corrected chi connectivity index (χ4v) is 3.69. The predicted octanol–water partition coefficient (Wildman–Crippen LogP) is 6.08. The maximum absolute atomic E-state index is 13.2. The highest BCUT2D eigenvalue weighted by molar-refractivity contribution is 5.94. The molecule has 0 saturated carbocycles. The number of para-hydroxylation sites is 1. The van der Waals surface area contributed by atoms with Crippen LogP contribution in [0.2, 0.25) is 0 Å². The molecule has 4 nitrogen and oxygen atoms in total. The molecular weight excluding hydrogens is 405 g/mol. The number of hydrogen-bond acceptors (Lipinski definition) is 2. The average Bonchev–Trinajstić information content (AvgIpc) is 3.01. The van der Waals surface area contributed by atoms with E-state index in [2.05, 4.69) is 5.32 Å². The number of rotatable bonds is 6. The normalized spacial score (nSPS) is 11.6. The zero-order valence-corrected chi connectivity index (χ0v) is 16.4. The lowest BCUT2D eigenvalue weighted by Crippen LogP contribution is -2.09. The minimum atomic E-state index is -4.47. The van der Waals surface area contributed by atoms with Crippen LogP contribution < -0.4 is 5.32 Å². The van der Waals surface area contributed by atoms with Gasteiger partial charge in [-0.05, 0) is 29.8 Å². The molecule has 0 radical (unpaired) electrons. The molecule has 0 bridgehead atoms. The van der Waals surface area contributed by atoms with Crippen LogP contribution in [0.15, 0.2) is 78.9 Å². The molecule has 2 N–H and O–H groups in total. The van der Waals surface area contributed by atoms with E-state index in [0.29, 0.717) is 17.9 Å². The first-order chi connectivity index (χ1) is 14.8. The van der Waals surface area contributed by atoms with E-state index in [4.69, 9.17) is 0 Å². The van der Waals surface area contributed by atoms with E-state index in [1.807, 2.05) is 59.2 Å². The van der Waals surface area contributed by atoms with Gasteiger partial charge >= 0.3 is 12.1 Å². The highest BCUT2D eigenvalue weighted by Gasteiger charge is 2.30. The van der Waals surface area contributed by atoms with Crippen molar-refractivity contribution in [3.05, 3.63) is 95.6 Å². The summed E-state index contributed by atoms with van der Waals surface area (Å²) in [6, 6.07) is 21.8.